The van der Waals surface area contributed by atoms with Crippen molar-refractivity contribution >= 4 is 16.0 Å². The zero-order valence-electron chi connectivity index (χ0n) is 8.97. The second-order valence-corrected chi connectivity index (χ2v) is 5.32. The van der Waals surface area contributed by atoms with E-state index in [0.717, 1.165) is 0 Å². The van der Waals surface area contributed by atoms with Crippen molar-refractivity contribution in [2.45, 2.75) is 24.2 Å². The molecule has 4 N–H and O–H groups in total. The number of primary amides is 1. The molecule has 0 aliphatic carbocycles. The monoisotopic (exact) mass is 252 g/mol. The summed E-state index contributed by atoms with van der Waals surface area (Å²) in [5.41, 5.74) is 5.11. The number of amides is 1. The lowest BCUT2D eigenvalue weighted by Gasteiger charge is -2.36. The maximum atomic E-state index is 11.4. The average Bonchev–Trinajstić information content (AvgIpc) is 2.18. The number of hydrogen-bond donors (Lipinski definition) is 3. The van der Waals surface area contributed by atoms with E-state index in [1.165, 1.54) is 6.92 Å². The zero-order valence-corrected chi connectivity index (χ0v) is 9.79. The second-order valence-electron chi connectivity index (χ2n) is 3.65. The fraction of sp³-hybridized carbons (Fsp3) is 0.875. The van der Waals surface area contributed by atoms with Crippen molar-refractivity contribution in [1.29, 1.82) is 0 Å². The molecule has 0 aromatic heterocycles. The molecule has 0 saturated carbocycles. The van der Waals surface area contributed by atoms with Crippen LogP contribution in [0.3, 0.4) is 0 Å². The highest BCUT2D eigenvalue weighted by molar-refractivity contribution is 7.88. The topological polar surface area (TPSA) is 119 Å². The summed E-state index contributed by atoms with van der Waals surface area (Å²) in [6.45, 7) is 2.48. The van der Waals surface area contributed by atoms with Crippen molar-refractivity contribution < 1.29 is 22.5 Å². The molecule has 0 bridgehead atoms. The van der Waals surface area contributed by atoms with E-state index in [1.54, 1.807) is 0 Å². The van der Waals surface area contributed by atoms with E-state index < -0.39 is 26.9 Å². The molecule has 1 fully saturated rings. The fourth-order valence-electron chi connectivity index (χ4n) is 1.90. The van der Waals surface area contributed by atoms with Gasteiger partial charge in [-0.1, -0.05) is 6.92 Å². The van der Waals surface area contributed by atoms with Crippen LogP contribution in [0, 0.1) is 0 Å². The van der Waals surface area contributed by atoms with Crippen LogP contribution in [0.25, 0.3) is 0 Å². The maximum Gasteiger partial charge on any atom is 0.282 e. The largest absolute Gasteiger partial charge is 0.373 e. The van der Waals surface area contributed by atoms with Crippen LogP contribution < -0.4 is 11.1 Å². The highest BCUT2D eigenvalue weighted by Gasteiger charge is 2.54. The van der Waals surface area contributed by atoms with Crippen molar-refractivity contribution in [3.8, 4) is 0 Å². The average molecular weight is 252 g/mol. The number of hydrogen-bond acceptors (Lipinski definition) is 5. The summed E-state index contributed by atoms with van der Waals surface area (Å²) in [5.74, 6) is -1.09. The number of ether oxygens (including phenoxy) is 1. The second kappa shape index (κ2) is 4.66. The van der Waals surface area contributed by atoms with E-state index in [0.29, 0.717) is 6.54 Å². The van der Waals surface area contributed by atoms with E-state index in [9.17, 15) is 17.8 Å². The minimum absolute atomic E-state index is 0.131. The summed E-state index contributed by atoms with van der Waals surface area (Å²) >= 11 is 0. The van der Waals surface area contributed by atoms with Gasteiger partial charge in [0.25, 0.3) is 10.1 Å². The van der Waals surface area contributed by atoms with Crippen LogP contribution in [0.15, 0.2) is 0 Å². The van der Waals surface area contributed by atoms with Gasteiger partial charge in [-0.15, -0.1) is 0 Å². The quantitative estimate of drug-likeness (QED) is 0.524. The minimum Gasteiger partial charge on any atom is -0.373 e. The van der Waals surface area contributed by atoms with Gasteiger partial charge in [0.1, 0.15) is 6.10 Å². The molecule has 2 unspecified atom stereocenters. The molecule has 8 heteroatoms. The lowest BCUT2D eigenvalue weighted by Crippen LogP contribution is -2.63. The Morgan fingerprint density at radius 3 is 2.62 bits per heavy atom. The third kappa shape index (κ3) is 2.05. The molecule has 0 aromatic rings. The van der Waals surface area contributed by atoms with Gasteiger partial charge in [-0.3, -0.25) is 9.35 Å². The predicted molar refractivity (Wildman–Crippen MR) is 56.4 cm³/mol. The molecule has 1 amide bonds. The summed E-state index contributed by atoms with van der Waals surface area (Å²) < 4.78 is 35.1. The Hall–Kier alpha value is -0.700. The molecular weight excluding hydrogens is 236 g/mol. The van der Waals surface area contributed by atoms with Crippen molar-refractivity contribution in [2.75, 3.05) is 19.7 Å². The van der Waals surface area contributed by atoms with Crippen LogP contribution in [-0.2, 0) is 19.6 Å². The number of morpholine rings is 1. The number of carbonyl (C=O) groups is 1. The molecule has 0 radical (unpaired) electrons. The van der Waals surface area contributed by atoms with Crippen molar-refractivity contribution in [3.05, 3.63) is 0 Å². The minimum atomic E-state index is -4.62. The molecule has 16 heavy (non-hydrogen) atoms. The Kier molecular flexibility index (Phi) is 3.89. The summed E-state index contributed by atoms with van der Waals surface area (Å²) in [6.07, 6.45) is -1.09. The first kappa shape index (κ1) is 13.4. The number of nitrogens with two attached hydrogens (primary N) is 1. The first-order valence-corrected chi connectivity index (χ1v) is 6.39. The van der Waals surface area contributed by atoms with E-state index in [1.807, 2.05) is 0 Å². The van der Waals surface area contributed by atoms with Gasteiger partial charge in [-0.05, 0) is 6.42 Å². The van der Waals surface area contributed by atoms with Gasteiger partial charge in [0.2, 0.25) is 10.7 Å². The summed E-state index contributed by atoms with van der Waals surface area (Å²) in [5, 5.41) is 2.89. The van der Waals surface area contributed by atoms with Crippen LogP contribution >= 0.6 is 0 Å². The normalized spacial score (nSPS) is 26.0. The van der Waals surface area contributed by atoms with Gasteiger partial charge in [-0.2, -0.15) is 8.42 Å². The Balaban J connectivity index is 3.16. The van der Waals surface area contributed by atoms with E-state index in [-0.39, 0.29) is 19.6 Å². The first-order valence-electron chi connectivity index (χ1n) is 4.95. The third-order valence-corrected chi connectivity index (χ3v) is 4.52. The number of carbonyl (C=O) groups excluding carboxylic acids is 1. The van der Waals surface area contributed by atoms with Gasteiger partial charge < -0.3 is 15.8 Å². The van der Waals surface area contributed by atoms with E-state index in [4.69, 9.17) is 10.5 Å². The highest BCUT2D eigenvalue weighted by atomic mass is 32.2. The Morgan fingerprint density at radius 2 is 2.31 bits per heavy atom. The molecule has 1 aliphatic heterocycles. The van der Waals surface area contributed by atoms with Crippen molar-refractivity contribution in [2.24, 2.45) is 5.73 Å². The molecule has 1 aliphatic rings. The molecule has 94 valence electrons. The van der Waals surface area contributed by atoms with Gasteiger partial charge in [-0.25, -0.2) is 0 Å². The van der Waals surface area contributed by atoms with Gasteiger partial charge in [0.15, 0.2) is 0 Å². The SMILES string of the molecule is CCC(C(N)=O)(C1CNCCO1)S(=O)(=O)O. The van der Waals surface area contributed by atoms with Crippen LogP contribution in [0.2, 0.25) is 0 Å². The van der Waals surface area contributed by atoms with Crippen LogP contribution in [0.5, 0.6) is 0 Å². The zero-order chi connectivity index (χ0) is 12.4. The summed E-state index contributed by atoms with van der Waals surface area (Å²) in [6, 6.07) is 0. The van der Waals surface area contributed by atoms with Gasteiger partial charge in [0.05, 0.1) is 6.61 Å². The molecule has 2 atom stereocenters. The smallest absolute Gasteiger partial charge is 0.282 e. The Bertz CT molecular complexity index is 363. The molecule has 1 heterocycles. The fourth-order valence-corrected chi connectivity index (χ4v) is 3.00. The van der Waals surface area contributed by atoms with Crippen LogP contribution in [-0.4, -0.2) is 49.4 Å². The predicted octanol–water partition coefficient (Wildman–Crippen LogP) is -1.50. The lowest BCUT2D eigenvalue weighted by atomic mass is 9.96. The standard InChI is InChI=1S/C8H16N2O5S/c1-2-8(7(9)11,16(12,13)14)6-5-10-3-4-15-6/h6,10H,2-5H2,1H3,(H2,9,11)(H,12,13,14). The molecule has 0 spiro atoms. The van der Waals surface area contributed by atoms with Gasteiger partial charge in [0, 0.05) is 13.1 Å². The summed E-state index contributed by atoms with van der Waals surface area (Å²) in [4.78, 5) is 11.4. The Morgan fingerprint density at radius 1 is 1.69 bits per heavy atom. The molecule has 1 rings (SSSR count). The summed E-state index contributed by atoms with van der Waals surface area (Å²) in [7, 11) is -4.62. The molecule has 0 aromatic carbocycles. The third-order valence-electron chi connectivity index (χ3n) is 2.85. The van der Waals surface area contributed by atoms with Gasteiger partial charge >= 0.3 is 0 Å². The van der Waals surface area contributed by atoms with Crippen molar-refractivity contribution in [1.82, 2.24) is 5.32 Å². The van der Waals surface area contributed by atoms with Crippen LogP contribution in [0.4, 0.5) is 0 Å². The van der Waals surface area contributed by atoms with E-state index in [2.05, 4.69) is 5.32 Å². The van der Waals surface area contributed by atoms with E-state index >= 15 is 0 Å². The maximum absolute atomic E-state index is 11.4. The first-order chi connectivity index (χ1) is 7.36. The highest BCUT2D eigenvalue weighted by Crippen LogP contribution is 2.28. The molecular formula is C8H16N2O5S. The molecule has 1 saturated heterocycles. The lowest BCUT2D eigenvalue weighted by molar-refractivity contribution is -0.126. The van der Waals surface area contributed by atoms with Crippen molar-refractivity contribution in [3.63, 3.8) is 0 Å². The van der Waals surface area contributed by atoms with Crippen LogP contribution in [0.1, 0.15) is 13.3 Å². The number of rotatable bonds is 4. The Labute approximate surface area is 94.1 Å². The molecule has 7 nitrogen and oxygen atoms in total. The number of nitrogens with one attached hydrogen (secondary N) is 1.